The Morgan fingerprint density at radius 2 is 2.00 bits per heavy atom. The average Bonchev–Trinajstić information content (AvgIpc) is 3.25. The van der Waals surface area contributed by atoms with Crippen molar-refractivity contribution in [2.24, 2.45) is 0 Å². The number of hydrogen-bond donors (Lipinski definition) is 0. The van der Waals surface area contributed by atoms with E-state index in [2.05, 4.69) is 32.9 Å². The van der Waals surface area contributed by atoms with Crippen molar-refractivity contribution in [3.8, 4) is 0 Å². The highest BCUT2D eigenvalue weighted by Gasteiger charge is 2.29. The zero-order valence-electron chi connectivity index (χ0n) is 19.7. The summed E-state index contributed by atoms with van der Waals surface area (Å²) in [5.41, 5.74) is 6.99. The molecule has 1 saturated carbocycles. The highest BCUT2D eigenvalue weighted by atomic mass is 35.5. The standard InChI is InChI=1S/C27H25ClN6O2/c28-21-5-6-32-16-29-24(25(32)8-21)3-4-26(35)19-9-30-34(11-19)13-22-12-33-10-18(17-1-2-17)7-23(27(33)31-22)20-14-36-15-20/h5-12,16-17,20H,1-4,13-15H2. The molecule has 1 saturated heterocycles. The fraction of sp³-hybridized carbons (Fsp3) is 0.333. The highest BCUT2D eigenvalue weighted by molar-refractivity contribution is 6.30. The molecule has 182 valence electrons. The van der Waals surface area contributed by atoms with Crippen molar-refractivity contribution < 1.29 is 9.53 Å². The van der Waals surface area contributed by atoms with Crippen molar-refractivity contribution in [3.63, 3.8) is 0 Å². The summed E-state index contributed by atoms with van der Waals surface area (Å²) in [4.78, 5) is 22.2. The number of Topliss-reactive ketones (excluding diaryl/α,β-unsaturated/α-hetero) is 1. The van der Waals surface area contributed by atoms with Crippen molar-refractivity contribution >= 4 is 28.5 Å². The molecule has 36 heavy (non-hydrogen) atoms. The molecular weight excluding hydrogens is 476 g/mol. The number of halogens is 1. The first-order valence-electron chi connectivity index (χ1n) is 12.4. The number of fused-ring (bicyclic) bond motifs is 2. The van der Waals surface area contributed by atoms with Crippen LogP contribution in [0.5, 0.6) is 0 Å². The van der Waals surface area contributed by atoms with Gasteiger partial charge < -0.3 is 13.5 Å². The maximum absolute atomic E-state index is 12.9. The first-order valence-corrected chi connectivity index (χ1v) is 12.7. The van der Waals surface area contributed by atoms with Gasteiger partial charge in [-0.05, 0) is 48.9 Å². The molecule has 5 aromatic heterocycles. The Hall–Kier alpha value is -3.49. The minimum Gasteiger partial charge on any atom is -0.380 e. The third kappa shape index (κ3) is 4.00. The number of imidazole rings is 2. The second-order valence-corrected chi connectivity index (χ2v) is 10.3. The van der Waals surface area contributed by atoms with Gasteiger partial charge in [0.2, 0.25) is 0 Å². The number of nitrogens with zero attached hydrogens (tertiary/aromatic N) is 6. The van der Waals surface area contributed by atoms with Crippen LogP contribution in [-0.4, -0.2) is 47.5 Å². The smallest absolute Gasteiger partial charge is 0.166 e. The van der Waals surface area contributed by atoms with Crippen molar-refractivity contribution in [1.82, 2.24) is 28.5 Å². The van der Waals surface area contributed by atoms with Crippen LogP contribution in [0.2, 0.25) is 5.02 Å². The lowest BCUT2D eigenvalue weighted by molar-refractivity contribution is 0.00877. The van der Waals surface area contributed by atoms with Crippen LogP contribution in [0.1, 0.15) is 64.0 Å². The summed E-state index contributed by atoms with van der Waals surface area (Å²) in [6, 6.07) is 6.02. The third-order valence-electron chi connectivity index (χ3n) is 7.23. The van der Waals surface area contributed by atoms with E-state index >= 15 is 0 Å². The fourth-order valence-corrected chi connectivity index (χ4v) is 5.13. The van der Waals surface area contributed by atoms with Gasteiger partial charge in [-0.2, -0.15) is 5.10 Å². The van der Waals surface area contributed by atoms with Crippen molar-refractivity contribution in [3.05, 3.63) is 88.6 Å². The number of carbonyl (C=O) groups excluding carboxylic acids is 1. The number of hydrogen-bond acceptors (Lipinski definition) is 5. The molecular formula is C27H25ClN6O2. The summed E-state index contributed by atoms with van der Waals surface area (Å²) < 4.78 is 11.3. The molecule has 0 radical (unpaired) electrons. The fourth-order valence-electron chi connectivity index (χ4n) is 4.98. The normalized spacial score (nSPS) is 16.1. The number of aryl methyl sites for hydroxylation is 1. The van der Waals surface area contributed by atoms with Crippen LogP contribution in [0.4, 0.5) is 0 Å². The van der Waals surface area contributed by atoms with E-state index in [1.54, 1.807) is 17.2 Å². The molecule has 0 N–H and O–H groups in total. The number of rotatable bonds is 8. The Labute approximate surface area is 212 Å². The van der Waals surface area contributed by atoms with Gasteiger partial charge in [0.1, 0.15) is 5.65 Å². The second kappa shape index (κ2) is 8.57. The summed E-state index contributed by atoms with van der Waals surface area (Å²) in [6.07, 6.45) is 14.8. The van der Waals surface area contributed by atoms with Crippen LogP contribution in [0.15, 0.2) is 55.5 Å². The molecule has 5 aromatic rings. The Morgan fingerprint density at radius 1 is 1.11 bits per heavy atom. The molecule has 0 bridgehead atoms. The quantitative estimate of drug-likeness (QED) is 0.289. The van der Waals surface area contributed by atoms with E-state index in [-0.39, 0.29) is 5.78 Å². The largest absolute Gasteiger partial charge is 0.380 e. The summed E-state index contributed by atoms with van der Waals surface area (Å²) in [5, 5.41) is 5.09. The van der Waals surface area contributed by atoms with Gasteiger partial charge in [-0.3, -0.25) is 9.48 Å². The number of aromatic nitrogens is 6. The van der Waals surface area contributed by atoms with Gasteiger partial charge in [0.15, 0.2) is 5.78 Å². The number of ether oxygens (including phenoxy) is 1. The Kier molecular flexibility index (Phi) is 5.18. The van der Waals surface area contributed by atoms with Gasteiger partial charge in [-0.1, -0.05) is 11.6 Å². The van der Waals surface area contributed by atoms with E-state index in [9.17, 15) is 4.79 Å². The lowest BCUT2D eigenvalue weighted by atomic mass is 9.96. The van der Waals surface area contributed by atoms with Crippen LogP contribution in [-0.2, 0) is 17.7 Å². The van der Waals surface area contributed by atoms with Gasteiger partial charge in [0.05, 0.1) is 54.8 Å². The highest BCUT2D eigenvalue weighted by Crippen LogP contribution is 2.42. The topological polar surface area (TPSA) is 78.7 Å². The van der Waals surface area contributed by atoms with Crippen LogP contribution >= 0.6 is 11.6 Å². The lowest BCUT2D eigenvalue weighted by Gasteiger charge is -2.27. The van der Waals surface area contributed by atoms with E-state index in [0.29, 0.717) is 41.8 Å². The van der Waals surface area contributed by atoms with Gasteiger partial charge in [-0.15, -0.1) is 0 Å². The monoisotopic (exact) mass is 500 g/mol. The molecule has 0 amide bonds. The van der Waals surface area contributed by atoms with Crippen LogP contribution in [0, 0.1) is 0 Å². The van der Waals surface area contributed by atoms with Gasteiger partial charge >= 0.3 is 0 Å². The molecule has 0 unspecified atom stereocenters. The molecule has 9 heteroatoms. The number of pyridine rings is 2. The summed E-state index contributed by atoms with van der Waals surface area (Å²) in [7, 11) is 0. The van der Waals surface area contributed by atoms with Crippen molar-refractivity contribution in [2.45, 2.75) is 44.1 Å². The molecule has 6 heterocycles. The zero-order chi connectivity index (χ0) is 24.2. The second-order valence-electron chi connectivity index (χ2n) is 9.88. The van der Waals surface area contributed by atoms with E-state index in [1.165, 1.54) is 24.0 Å². The van der Waals surface area contributed by atoms with E-state index < -0.39 is 0 Å². The lowest BCUT2D eigenvalue weighted by Crippen LogP contribution is -2.25. The van der Waals surface area contributed by atoms with Crippen LogP contribution in [0.3, 0.4) is 0 Å². The maximum Gasteiger partial charge on any atom is 0.166 e. The van der Waals surface area contributed by atoms with E-state index in [1.807, 2.05) is 28.9 Å². The van der Waals surface area contributed by atoms with Gasteiger partial charge in [-0.25, -0.2) is 9.97 Å². The summed E-state index contributed by atoms with van der Waals surface area (Å²) >= 11 is 6.13. The first-order chi connectivity index (χ1) is 17.6. The van der Waals surface area contributed by atoms with E-state index in [0.717, 1.165) is 35.8 Å². The third-order valence-corrected chi connectivity index (χ3v) is 7.46. The molecule has 0 aromatic carbocycles. The zero-order valence-corrected chi connectivity index (χ0v) is 20.4. The predicted octanol–water partition coefficient (Wildman–Crippen LogP) is 4.69. The summed E-state index contributed by atoms with van der Waals surface area (Å²) in [6.45, 7) is 2.04. The van der Waals surface area contributed by atoms with Crippen LogP contribution in [0.25, 0.3) is 11.2 Å². The average molecular weight is 501 g/mol. The minimum atomic E-state index is 0.0424. The Morgan fingerprint density at radius 3 is 2.81 bits per heavy atom. The number of ketones is 1. The number of carbonyl (C=O) groups is 1. The molecule has 0 atom stereocenters. The molecule has 8 nitrogen and oxygen atoms in total. The first kappa shape index (κ1) is 21.8. The van der Waals surface area contributed by atoms with Crippen molar-refractivity contribution in [2.75, 3.05) is 13.2 Å². The molecule has 1 aliphatic carbocycles. The Balaban J connectivity index is 1.07. The SMILES string of the molecule is O=C(CCc1ncn2ccc(Cl)cc12)c1cnn(Cc2cn3cc(C4CC4)cc(C4COC4)c3n2)c1. The minimum absolute atomic E-state index is 0.0424. The van der Waals surface area contributed by atoms with Gasteiger partial charge in [0, 0.05) is 47.7 Å². The molecule has 2 aliphatic rings. The maximum atomic E-state index is 12.9. The Bertz CT molecular complexity index is 1610. The predicted molar refractivity (Wildman–Crippen MR) is 135 cm³/mol. The van der Waals surface area contributed by atoms with Crippen molar-refractivity contribution in [1.29, 1.82) is 0 Å². The molecule has 2 fully saturated rings. The van der Waals surface area contributed by atoms with Gasteiger partial charge in [0.25, 0.3) is 0 Å². The molecule has 0 spiro atoms. The molecule has 7 rings (SSSR count). The molecule has 1 aliphatic heterocycles. The van der Waals surface area contributed by atoms with E-state index in [4.69, 9.17) is 21.3 Å². The van der Waals surface area contributed by atoms with Crippen LogP contribution < -0.4 is 0 Å². The summed E-state index contributed by atoms with van der Waals surface area (Å²) in [5.74, 6) is 1.14.